The number of hydrogen-bond acceptors (Lipinski definition) is 6. The molecule has 7 heteroatoms. The van der Waals surface area contributed by atoms with Crippen LogP contribution in [-0.2, 0) is 0 Å². The highest BCUT2D eigenvalue weighted by atomic mass is 16.3. The quantitative estimate of drug-likeness (QED) is 0.570. The van der Waals surface area contributed by atoms with Gasteiger partial charge >= 0.3 is 0 Å². The Morgan fingerprint density at radius 3 is 2.79 bits per heavy atom. The normalized spacial score (nSPS) is 26.7. The fourth-order valence-corrected chi connectivity index (χ4v) is 2.69. The van der Waals surface area contributed by atoms with Gasteiger partial charge in [0, 0.05) is 12.1 Å². The minimum Gasteiger partial charge on any atom is -0.390 e. The number of anilines is 1. The first-order chi connectivity index (χ1) is 9.11. The maximum Gasteiger partial charge on any atom is 0.222 e. The molecule has 3 rings (SSSR count). The first kappa shape index (κ1) is 11.9. The van der Waals surface area contributed by atoms with E-state index in [-0.39, 0.29) is 11.9 Å². The van der Waals surface area contributed by atoms with E-state index in [1.54, 1.807) is 6.20 Å². The van der Waals surface area contributed by atoms with Crippen molar-refractivity contribution in [2.45, 2.75) is 31.0 Å². The van der Waals surface area contributed by atoms with Crippen molar-refractivity contribution in [3.05, 3.63) is 17.5 Å². The maximum atomic E-state index is 10.0. The molecule has 1 fully saturated rings. The third kappa shape index (κ3) is 1.73. The highest BCUT2D eigenvalue weighted by molar-refractivity contribution is 5.86. The summed E-state index contributed by atoms with van der Waals surface area (Å²) in [5, 5.41) is 29.4. The van der Waals surface area contributed by atoms with Crippen LogP contribution in [0.1, 0.15) is 30.0 Å². The fraction of sp³-hybridized carbons (Fsp3) is 0.417. The maximum absolute atomic E-state index is 10.0. The number of aliphatic hydroxyl groups excluding tert-OH is 2. The lowest BCUT2D eigenvalue weighted by atomic mass is 9.97. The number of fused-ring (bicyclic) bond motifs is 1. The highest BCUT2D eigenvalue weighted by Gasteiger charge is 2.37. The lowest BCUT2D eigenvalue weighted by Gasteiger charge is -2.17. The van der Waals surface area contributed by atoms with Gasteiger partial charge < -0.3 is 20.9 Å². The Bertz CT molecular complexity index is 675. The molecule has 1 aliphatic rings. The molecule has 0 radical (unpaired) electrons. The monoisotopic (exact) mass is 259 g/mol. The van der Waals surface area contributed by atoms with Crippen LogP contribution in [0, 0.1) is 11.3 Å². The van der Waals surface area contributed by atoms with E-state index in [9.17, 15) is 10.2 Å². The van der Waals surface area contributed by atoms with Crippen molar-refractivity contribution >= 4 is 17.0 Å². The molecule has 2 aromatic heterocycles. The molecule has 0 spiro atoms. The van der Waals surface area contributed by atoms with E-state index in [2.05, 4.69) is 21.0 Å². The van der Waals surface area contributed by atoms with Gasteiger partial charge in [-0.05, 0) is 12.8 Å². The van der Waals surface area contributed by atoms with E-state index in [1.165, 1.54) is 0 Å². The summed E-state index contributed by atoms with van der Waals surface area (Å²) in [6.07, 6.45) is 0.993. The molecule has 3 atom stereocenters. The zero-order valence-electron chi connectivity index (χ0n) is 10.0. The van der Waals surface area contributed by atoms with Crippen LogP contribution in [0.15, 0.2) is 6.20 Å². The summed E-state index contributed by atoms with van der Waals surface area (Å²) in [7, 11) is 0. The number of aromatic amines is 1. The summed E-state index contributed by atoms with van der Waals surface area (Å²) < 4.78 is 0. The molecule has 98 valence electrons. The van der Waals surface area contributed by atoms with Crippen LogP contribution in [0.3, 0.4) is 0 Å². The molecule has 7 nitrogen and oxygen atoms in total. The van der Waals surface area contributed by atoms with Crippen molar-refractivity contribution in [2.75, 3.05) is 5.73 Å². The molecule has 0 aliphatic heterocycles. The first-order valence-electron chi connectivity index (χ1n) is 6.02. The fourth-order valence-electron chi connectivity index (χ4n) is 2.69. The summed E-state index contributed by atoms with van der Waals surface area (Å²) in [4.78, 5) is 11.1. The van der Waals surface area contributed by atoms with Crippen molar-refractivity contribution in [3.8, 4) is 6.07 Å². The molecule has 1 aliphatic carbocycles. The SMILES string of the molecule is N#Cc1c[nH]c2nc(N)nc([C@H]3CC[C@H](O)[C@@H]3O)c12. The summed E-state index contributed by atoms with van der Waals surface area (Å²) in [6, 6.07) is 2.06. The van der Waals surface area contributed by atoms with E-state index in [0.717, 1.165) is 0 Å². The lowest BCUT2D eigenvalue weighted by Crippen LogP contribution is -2.24. The number of aliphatic hydroxyl groups is 2. The summed E-state index contributed by atoms with van der Waals surface area (Å²) in [5.41, 5.74) is 7.08. The van der Waals surface area contributed by atoms with Crippen LogP contribution < -0.4 is 5.73 Å². The largest absolute Gasteiger partial charge is 0.390 e. The number of rotatable bonds is 1. The molecule has 19 heavy (non-hydrogen) atoms. The third-order valence-corrected chi connectivity index (χ3v) is 3.63. The second-order valence-electron chi connectivity index (χ2n) is 4.75. The molecular weight excluding hydrogens is 246 g/mol. The van der Waals surface area contributed by atoms with Crippen LogP contribution >= 0.6 is 0 Å². The van der Waals surface area contributed by atoms with E-state index in [4.69, 9.17) is 11.0 Å². The Morgan fingerprint density at radius 1 is 1.37 bits per heavy atom. The van der Waals surface area contributed by atoms with Gasteiger partial charge in [0.05, 0.1) is 28.9 Å². The van der Waals surface area contributed by atoms with Gasteiger partial charge in [0.25, 0.3) is 0 Å². The van der Waals surface area contributed by atoms with Crippen LogP contribution in [0.4, 0.5) is 5.95 Å². The van der Waals surface area contributed by atoms with Crippen molar-refractivity contribution < 1.29 is 10.2 Å². The van der Waals surface area contributed by atoms with Gasteiger partial charge in [-0.25, -0.2) is 4.98 Å². The van der Waals surface area contributed by atoms with Gasteiger partial charge in [0.2, 0.25) is 5.95 Å². The van der Waals surface area contributed by atoms with Crippen LogP contribution in [0.5, 0.6) is 0 Å². The Labute approximate surface area is 108 Å². The number of nitrogen functional groups attached to an aromatic ring is 1. The molecule has 0 saturated heterocycles. The number of nitrogens with one attached hydrogen (secondary N) is 1. The Balaban J connectivity index is 2.22. The van der Waals surface area contributed by atoms with E-state index in [1.807, 2.05) is 0 Å². The Kier molecular flexibility index (Phi) is 2.62. The molecule has 2 aromatic rings. The molecule has 0 unspecified atom stereocenters. The Morgan fingerprint density at radius 2 is 2.16 bits per heavy atom. The predicted octanol–water partition coefficient (Wildman–Crippen LogP) is 0.0110. The van der Waals surface area contributed by atoms with Crippen molar-refractivity contribution in [1.82, 2.24) is 15.0 Å². The second kappa shape index (κ2) is 4.19. The summed E-state index contributed by atoms with van der Waals surface area (Å²) >= 11 is 0. The number of H-pyrrole nitrogens is 1. The van der Waals surface area contributed by atoms with Gasteiger partial charge in [-0.2, -0.15) is 10.2 Å². The van der Waals surface area contributed by atoms with Crippen LogP contribution in [0.2, 0.25) is 0 Å². The van der Waals surface area contributed by atoms with Gasteiger partial charge in [0.15, 0.2) is 0 Å². The van der Waals surface area contributed by atoms with E-state index in [0.29, 0.717) is 35.1 Å². The van der Waals surface area contributed by atoms with Crippen LogP contribution in [0.25, 0.3) is 11.0 Å². The van der Waals surface area contributed by atoms with Gasteiger partial charge in [-0.15, -0.1) is 0 Å². The van der Waals surface area contributed by atoms with Crippen molar-refractivity contribution in [2.24, 2.45) is 0 Å². The van der Waals surface area contributed by atoms with Crippen LogP contribution in [-0.4, -0.2) is 37.4 Å². The van der Waals surface area contributed by atoms with E-state index < -0.39 is 12.2 Å². The van der Waals surface area contributed by atoms with Gasteiger partial charge in [0.1, 0.15) is 11.7 Å². The minimum absolute atomic E-state index is 0.0856. The minimum atomic E-state index is -0.890. The average Bonchev–Trinajstić information content (AvgIpc) is 2.93. The smallest absolute Gasteiger partial charge is 0.222 e. The standard InChI is InChI=1S/C12H13N5O2/c13-3-5-4-15-11-8(5)9(16-12(14)17-11)6-1-2-7(18)10(6)19/h4,6-7,10,18-19H,1-2H2,(H3,14,15,16,17)/t6-,7+,10-/m1/s1. The predicted molar refractivity (Wildman–Crippen MR) is 67.0 cm³/mol. The number of hydrogen-bond donors (Lipinski definition) is 4. The molecule has 5 N–H and O–H groups in total. The molecule has 2 heterocycles. The van der Waals surface area contributed by atoms with Crippen molar-refractivity contribution in [3.63, 3.8) is 0 Å². The Hall–Kier alpha value is -2.17. The topological polar surface area (TPSA) is 132 Å². The number of nitriles is 1. The van der Waals surface area contributed by atoms with Gasteiger partial charge in [-0.3, -0.25) is 0 Å². The third-order valence-electron chi connectivity index (χ3n) is 3.63. The van der Waals surface area contributed by atoms with E-state index >= 15 is 0 Å². The summed E-state index contributed by atoms with van der Waals surface area (Å²) in [5.74, 6) is -0.242. The average molecular weight is 259 g/mol. The number of nitrogens with zero attached hydrogens (tertiary/aromatic N) is 3. The summed E-state index contributed by atoms with van der Waals surface area (Å²) in [6.45, 7) is 0. The lowest BCUT2D eigenvalue weighted by molar-refractivity contribution is 0.0349. The van der Waals surface area contributed by atoms with Crippen molar-refractivity contribution in [1.29, 1.82) is 5.26 Å². The second-order valence-corrected chi connectivity index (χ2v) is 4.75. The number of nitrogens with two attached hydrogens (primary N) is 1. The molecular formula is C12H13N5O2. The molecule has 1 saturated carbocycles. The molecule has 0 aromatic carbocycles. The zero-order chi connectivity index (χ0) is 13.6. The number of aromatic nitrogens is 3. The zero-order valence-corrected chi connectivity index (χ0v) is 10.0. The van der Waals surface area contributed by atoms with Gasteiger partial charge in [-0.1, -0.05) is 0 Å². The highest BCUT2D eigenvalue weighted by Crippen LogP contribution is 2.37. The first-order valence-corrected chi connectivity index (χ1v) is 6.02. The molecule has 0 bridgehead atoms. The molecule has 0 amide bonds.